The molecule has 5 atom stereocenters. The minimum absolute atomic E-state index is 0.0586. The number of ether oxygens (including phenoxy) is 1. The molecular weight excluding hydrogens is 380 g/mol. The number of nitrogens with zero attached hydrogens (tertiary/aromatic N) is 3. The van der Waals surface area contributed by atoms with Gasteiger partial charge in [0.2, 0.25) is 11.8 Å². The molecule has 0 aliphatic carbocycles. The standard InChI is InChI=1S/C23H26N4O3/c1-2-26-13-23-10-9-17(30-23)18(19(23)22(26)29)21(28)27-11-5-6-14(12-27)20-24-15-7-3-4-8-16(15)25-20/h3-4,7-10,14,17-19H,2,5-6,11-13H2,1H3,(H,24,25). The van der Waals surface area contributed by atoms with E-state index in [1.54, 1.807) is 0 Å². The Hall–Kier alpha value is -2.67. The Morgan fingerprint density at radius 1 is 1.37 bits per heavy atom. The Morgan fingerprint density at radius 3 is 3.07 bits per heavy atom. The molecule has 5 unspecified atom stereocenters. The Bertz CT molecular complexity index is 1030. The van der Waals surface area contributed by atoms with Crippen molar-refractivity contribution in [3.63, 3.8) is 0 Å². The second-order valence-corrected chi connectivity index (χ2v) is 9.02. The summed E-state index contributed by atoms with van der Waals surface area (Å²) in [5.74, 6) is 0.464. The van der Waals surface area contributed by atoms with E-state index in [-0.39, 0.29) is 29.8 Å². The molecular formula is C23H26N4O3. The molecule has 1 N–H and O–H groups in total. The molecule has 3 saturated heterocycles. The lowest BCUT2D eigenvalue weighted by Gasteiger charge is -2.35. The first-order valence-electron chi connectivity index (χ1n) is 11.0. The number of aromatic amines is 1. The zero-order valence-electron chi connectivity index (χ0n) is 17.1. The van der Waals surface area contributed by atoms with Crippen molar-refractivity contribution in [2.75, 3.05) is 26.2 Å². The number of rotatable bonds is 3. The molecule has 4 aliphatic heterocycles. The summed E-state index contributed by atoms with van der Waals surface area (Å²) in [7, 11) is 0. The number of imidazole rings is 1. The van der Waals surface area contributed by atoms with Crippen LogP contribution in [0.3, 0.4) is 0 Å². The summed E-state index contributed by atoms with van der Waals surface area (Å²) in [5, 5.41) is 0. The number of fused-ring (bicyclic) bond motifs is 2. The molecule has 5 heterocycles. The highest BCUT2D eigenvalue weighted by molar-refractivity contribution is 5.93. The van der Waals surface area contributed by atoms with Crippen LogP contribution in [0.2, 0.25) is 0 Å². The fourth-order valence-electron chi connectivity index (χ4n) is 5.91. The van der Waals surface area contributed by atoms with Crippen molar-refractivity contribution in [1.29, 1.82) is 0 Å². The molecule has 6 rings (SSSR count). The van der Waals surface area contributed by atoms with Crippen LogP contribution in [0.1, 0.15) is 31.5 Å². The molecule has 1 aromatic carbocycles. The van der Waals surface area contributed by atoms with Crippen molar-refractivity contribution in [1.82, 2.24) is 19.8 Å². The van der Waals surface area contributed by atoms with Gasteiger partial charge in [-0.15, -0.1) is 0 Å². The van der Waals surface area contributed by atoms with Crippen molar-refractivity contribution >= 4 is 22.8 Å². The van der Waals surface area contributed by atoms with Crippen molar-refractivity contribution in [3.05, 3.63) is 42.2 Å². The number of likely N-dealkylation sites (N-methyl/N-ethyl adjacent to an activating group) is 1. The monoisotopic (exact) mass is 406 g/mol. The number of hydrogen-bond acceptors (Lipinski definition) is 4. The first-order valence-corrected chi connectivity index (χ1v) is 11.0. The van der Waals surface area contributed by atoms with Gasteiger partial charge in [-0.2, -0.15) is 0 Å². The Balaban J connectivity index is 1.25. The third-order valence-electron chi connectivity index (χ3n) is 7.37. The van der Waals surface area contributed by atoms with Gasteiger partial charge in [-0.25, -0.2) is 4.98 Å². The number of H-pyrrole nitrogens is 1. The lowest BCUT2D eigenvalue weighted by molar-refractivity contribution is -0.144. The SMILES string of the molecule is CCN1CC23C=CC(O2)C(C(=O)N2CCCC(c4nc5ccccc5[nH]4)C2)C3C1=O. The summed E-state index contributed by atoms with van der Waals surface area (Å²) in [5.41, 5.74) is 1.38. The van der Waals surface area contributed by atoms with E-state index in [9.17, 15) is 9.59 Å². The van der Waals surface area contributed by atoms with Crippen LogP contribution in [0.4, 0.5) is 0 Å². The van der Waals surface area contributed by atoms with Gasteiger partial charge in [-0.3, -0.25) is 9.59 Å². The van der Waals surface area contributed by atoms with Gasteiger partial charge in [0.1, 0.15) is 11.4 Å². The van der Waals surface area contributed by atoms with E-state index in [2.05, 4.69) is 4.98 Å². The molecule has 1 aromatic heterocycles. The van der Waals surface area contributed by atoms with Crippen LogP contribution in [0.5, 0.6) is 0 Å². The fourth-order valence-corrected chi connectivity index (χ4v) is 5.91. The molecule has 0 radical (unpaired) electrons. The predicted octanol–water partition coefficient (Wildman–Crippen LogP) is 2.07. The van der Waals surface area contributed by atoms with E-state index in [1.165, 1.54) is 0 Å². The van der Waals surface area contributed by atoms with Crippen LogP contribution in [-0.4, -0.2) is 69.5 Å². The van der Waals surface area contributed by atoms with Crippen molar-refractivity contribution < 1.29 is 14.3 Å². The zero-order chi connectivity index (χ0) is 20.5. The number of para-hydroxylation sites is 2. The van der Waals surface area contributed by atoms with E-state index in [1.807, 2.05) is 53.1 Å². The van der Waals surface area contributed by atoms with Crippen LogP contribution in [-0.2, 0) is 14.3 Å². The summed E-state index contributed by atoms with van der Waals surface area (Å²) in [6.45, 7) is 4.55. The number of likely N-dealkylation sites (tertiary alicyclic amines) is 2. The number of aromatic nitrogens is 2. The van der Waals surface area contributed by atoms with Crippen molar-refractivity contribution in [3.8, 4) is 0 Å². The molecule has 1 spiro atoms. The van der Waals surface area contributed by atoms with Gasteiger partial charge in [0.15, 0.2) is 0 Å². The molecule has 0 saturated carbocycles. The zero-order valence-corrected chi connectivity index (χ0v) is 17.1. The van der Waals surface area contributed by atoms with E-state index >= 15 is 0 Å². The van der Waals surface area contributed by atoms with Gasteiger partial charge in [0, 0.05) is 25.6 Å². The summed E-state index contributed by atoms with van der Waals surface area (Å²) >= 11 is 0. The highest BCUT2D eigenvalue weighted by Crippen LogP contribution is 2.52. The van der Waals surface area contributed by atoms with Crippen LogP contribution in [0, 0.1) is 11.8 Å². The lowest BCUT2D eigenvalue weighted by atomic mass is 9.76. The second-order valence-electron chi connectivity index (χ2n) is 9.02. The van der Waals surface area contributed by atoms with Crippen LogP contribution < -0.4 is 0 Å². The predicted molar refractivity (Wildman–Crippen MR) is 111 cm³/mol. The minimum Gasteiger partial charge on any atom is -0.360 e. The smallest absolute Gasteiger partial charge is 0.230 e. The Morgan fingerprint density at radius 2 is 2.23 bits per heavy atom. The topological polar surface area (TPSA) is 78.5 Å². The average molecular weight is 406 g/mol. The number of carbonyl (C=O) groups is 2. The number of carbonyl (C=O) groups excluding carboxylic acids is 2. The number of nitrogens with one attached hydrogen (secondary N) is 1. The molecule has 2 bridgehead atoms. The largest absolute Gasteiger partial charge is 0.360 e. The van der Waals surface area contributed by atoms with E-state index in [0.29, 0.717) is 19.6 Å². The van der Waals surface area contributed by atoms with Crippen LogP contribution in [0.15, 0.2) is 36.4 Å². The number of hydrogen-bond donors (Lipinski definition) is 1. The van der Waals surface area contributed by atoms with Gasteiger partial charge in [-0.05, 0) is 31.9 Å². The van der Waals surface area contributed by atoms with E-state index in [0.717, 1.165) is 36.2 Å². The molecule has 2 amide bonds. The van der Waals surface area contributed by atoms with Crippen molar-refractivity contribution in [2.24, 2.45) is 11.8 Å². The van der Waals surface area contributed by atoms with Gasteiger partial charge in [-0.1, -0.05) is 24.3 Å². The Kier molecular flexibility index (Phi) is 3.87. The quantitative estimate of drug-likeness (QED) is 0.792. The first kappa shape index (κ1) is 18.1. The molecule has 156 valence electrons. The van der Waals surface area contributed by atoms with Gasteiger partial charge in [0.25, 0.3) is 0 Å². The average Bonchev–Trinajstić information content (AvgIpc) is 3.52. The summed E-state index contributed by atoms with van der Waals surface area (Å²) in [6, 6.07) is 8.02. The number of piperidine rings is 1. The molecule has 7 heteroatoms. The minimum atomic E-state index is -0.605. The van der Waals surface area contributed by atoms with Gasteiger partial charge < -0.3 is 19.5 Å². The maximum atomic E-state index is 13.6. The highest BCUT2D eigenvalue weighted by atomic mass is 16.5. The third kappa shape index (κ3) is 2.44. The Labute approximate surface area is 175 Å². The highest BCUT2D eigenvalue weighted by Gasteiger charge is 2.67. The maximum Gasteiger partial charge on any atom is 0.230 e. The third-order valence-corrected chi connectivity index (χ3v) is 7.37. The molecule has 7 nitrogen and oxygen atoms in total. The van der Waals surface area contributed by atoms with Crippen LogP contribution >= 0.6 is 0 Å². The summed E-state index contributed by atoms with van der Waals surface area (Å²) in [6.07, 6.45) is 5.67. The van der Waals surface area contributed by atoms with Gasteiger partial charge in [0.05, 0.1) is 35.5 Å². The molecule has 4 aliphatic rings. The van der Waals surface area contributed by atoms with Gasteiger partial charge >= 0.3 is 0 Å². The molecule has 2 aromatic rings. The summed E-state index contributed by atoms with van der Waals surface area (Å²) < 4.78 is 6.22. The van der Waals surface area contributed by atoms with E-state index in [4.69, 9.17) is 9.72 Å². The lowest BCUT2D eigenvalue weighted by Crippen LogP contribution is -2.48. The van der Waals surface area contributed by atoms with E-state index < -0.39 is 11.5 Å². The van der Waals surface area contributed by atoms with Crippen molar-refractivity contribution in [2.45, 2.75) is 37.4 Å². The molecule has 30 heavy (non-hydrogen) atoms. The number of amides is 2. The molecule has 3 fully saturated rings. The summed E-state index contributed by atoms with van der Waals surface area (Å²) in [4.78, 5) is 38.6. The first-order chi connectivity index (χ1) is 14.6. The maximum absolute atomic E-state index is 13.6. The normalized spacial score (nSPS) is 34.9. The second kappa shape index (κ2) is 6.41. The van der Waals surface area contributed by atoms with Crippen LogP contribution in [0.25, 0.3) is 11.0 Å². The fraction of sp³-hybridized carbons (Fsp3) is 0.522. The number of benzene rings is 1.